The molecular formula is C8H13NO. The zero-order chi connectivity index (χ0) is 7.19. The molecule has 0 amide bonds. The molecule has 0 saturated heterocycles. The van der Waals surface area contributed by atoms with Crippen molar-refractivity contribution in [3.8, 4) is 0 Å². The van der Waals surface area contributed by atoms with E-state index in [0.717, 1.165) is 12.2 Å². The van der Waals surface area contributed by atoms with Gasteiger partial charge < -0.3 is 10.1 Å². The molecule has 1 aliphatic heterocycles. The molecule has 0 aromatic rings. The van der Waals surface area contributed by atoms with Gasteiger partial charge in [0, 0.05) is 13.5 Å². The van der Waals surface area contributed by atoms with Crippen LogP contribution in [0.15, 0.2) is 11.5 Å². The summed E-state index contributed by atoms with van der Waals surface area (Å²) in [5, 5.41) is 3.16. The highest BCUT2D eigenvalue weighted by atomic mass is 16.5. The highest BCUT2D eigenvalue weighted by Crippen LogP contribution is 2.50. The van der Waals surface area contributed by atoms with Gasteiger partial charge in [0.05, 0.1) is 5.70 Å². The van der Waals surface area contributed by atoms with Crippen LogP contribution in [0.2, 0.25) is 0 Å². The summed E-state index contributed by atoms with van der Waals surface area (Å²) in [5.74, 6) is 1.10. The lowest BCUT2D eigenvalue weighted by Crippen LogP contribution is -2.09. The van der Waals surface area contributed by atoms with E-state index in [1.54, 1.807) is 0 Å². The summed E-state index contributed by atoms with van der Waals surface area (Å²) in [6.45, 7) is 2.04. The second-order valence-electron chi connectivity index (χ2n) is 3.25. The molecule has 1 heterocycles. The molecule has 2 rings (SSSR count). The van der Waals surface area contributed by atoms with Crippen molar-refractivity contribution in [1.82, 2.24) is 5.32 Å². The van der Waals surface area contributed by atoms with Crippen LogP contribution < -0.4 is 5.32 Å². The molecule has 1 N–H and O–H groups in total. The predicted molar refractivity (Wildman–Crippen MR) is 39.4 cm³/mol. The first-order chi connectivity index (χ1) is 4.76. The van der Waals surface area contributed by atoms with Crippen LogP contribution in [-0.4, -0.2) is 12.6 Å². The third-order valence-corrected chi connectivity index (χ3v) is 2.40. The normalized spacial score (nSPS) is 27.0. The molecule has 10 heavy (non-hydrogen) atoms. The van der Waals surface area contributed by atoms with Crippen molar-refractivity contribution in [3.63, 3.8) is 0 Å². The molecule has 0 aromatic heterocycles. The average molecular weight is 139 g/mol. The van der Waals surface area contributed by atoms with Gasteiger partial charge in [-0.1, -0.05) is 0 Å². The molecule has 1 aliphatic carbocycles. The van der Waals surface area contributed by atoms with Crippen LogP contribution in [0, 0.1) is 0 Å². The lowest BCUT2D eigenvalue weighted by atomic mass is 10.2. The zero-order valence-corrected chi connectivity index (χ0v) is 6.53. The third kappa shape index (κ3) is 0.713. The van der Waals surface area contributed by atoms with Gasteiger partial charge in [0.1, 0.15) is 11.4 Å². The van der Waals surface area contributed by atoms with Crippen molar-refractivity contribution < 1.29 is 4.74 Å². The summed E-state index contributed by atoms with van der Waals surface area (Å²) < 4.78 is 5.68. The van der Waals surface area contributed by atoms with Crippen LogP contribution in [-0.2, 0) is 4.74 Å². The van der Waals surface area contributed by atoms with Gasteiger partial charge in [0.15, 0.2) is 0 Å². The van der Waals surface area contributed by atoms with E-state index in [1.807, 2.05) is 14.0 Å². The topological polar surface area (TPSA) is 21.3 Å². The van der Waals surface area contributed by atoms with Gasteiger partial charge in [-0.25, -0.2) is 0 Å². The van der Waals surface area contributed by atoms with Crippen LogP contribution in [0.3, 0.4) is 0 Å². The molecule has 0 unspecified atom stereocenters. The van der Waals surface area contributed by atoms with E-state index < -0.39 is 0 Å². The Balaban J connectivity index is 2.12. The van der Waals surface area contributed by atoms with Crippen LogP contribution in [0.1, 0.15) is 26.2 Å². The van der Waals surface area contributed by atoms with E-state index in [4.69, 9.17) is 4.74 Å². The number of hydrogen-bond acceptors (Lipinski definition) is 2. The molecule has 0 bridgehead atoms. The summed E-state index contributed by atoms with van der Waals surface area (Å²) in [4.78, 5) is 0. The average Bonchev–Trinajstić information content (AvgIpc) is 2.55. The first-order valence-electron chi connectivity index (χ1n) is 3.82. The van der Waals surface area contributed by atoms with Gasteiger partial charge in [-0.3, -0.25) is 0 Å². The molecule has 2 aliphatic rings. The molecule has 0 atom stereocenters. The van der Waals surface area contributed by atoms with Gasteiger partial charge >= 0.3 is 0 Å². The lowest BCUT2D eigenvalue weighted by Gasteiger charge is -2.06. The minimum absolute atomic E-state index is 0.252. The molecule has 1 fully saturated rings. The number of hydrogen-bond donors (Lipinski definition) is 1. The van der Waals surface area contributed by atoms with Gasteiger partial charge in [-0.05, 0) is 19.8 Å². The van der Waals surface area contributed by atoms with Crippen molar-refractivity contribution >= 4 is 0 Å². The van der Waals surface area contributed by atoms with Crippen molar-refractivity contribution in [3.05, 3.63) is 11.5 Å². The first-order valence-corrected chi connectivity index (χ1v) is 3.82. The van der Waals surface area contributed by atoms with Crippen molar-refractivity contribution in [2.24, 2.45) is 0 Å². The molecule has 0 radical (unpaired) electrons. The van der Waals surface area contributed by atoms with Gasteiger partial charge in [-0.15, -0.1) is 0 Å². The maximum Gasteiger partial charge on any atom is 0.114 e. The number of rotatable bonds is 1. The molecule has 1 spiro atoms. The molecule has 56 valence electrons. The summed E-state index contributed by atoms with van der Waals surface area (Å²) in [6, 6.07) is 0. The third-order valence-electron chi connectivity index (χ3n) is 2.40. The Morgan fingerprint density at radius 2 is 2.20 bits per heavy atom. The zero-order valence-electron chi connectivity index (χ0n) is 6.53. The maximum absolute atomic E-state index is 5.68. The summed E-state index contributed by atoms with van der Waals surface area (Å²) in [7, 11) is 1.96. The number of nitrogens with one attached hydrogen (secondary N) is 1. The van der Waals surface area contributed by atoms with Crippen molar-refractivity contribution in [2.75, 3.05) is 7.05 Å². The number of allylic oxidation sites excluding steroid dienone is 1. The van der Waals surface area contributed by atoms with Gasteiger partial charge in [-0.2, -0.15) is 0 Å². The van der Waals surface area contributed by atoms with E-state index in [2.05, 4.69) is 5.32 Å². The molecule has 1 saturated carbocycles. The molecule has 0 aromatic carbocycles. The minimum atomic E-state index is 0.252. The lowest BCUT2D eigenvalue weighted by molar-refractivity contribution is 0.123. The van der Waals surface area contributed by atoms with Crippen LogP contribution in [0.4, 0.5) is 0 Å². The van der Waals surface area contributed by atoms with Gasteiger partial charge in [0.2, 0.25) is 0 Å². The Kier molecular flexibility index (Phi) is 1.02. The summed E-state index contributed by atoms with van der Waals surface area (Å²) >= 11 is 0. The number of ether oxygens (including phenoxy) is 1. The fraction of sp³-hybridized carbons (Fsp3) is 0.750. The fourth-order valence-electron chi connectivity index (χ4n) is 1.55. The van der Waals surface area contributed by atoms with Crippen LogP contribution in [0.25, 0.3) is 0 Å². The highest BCUT2D eigenvalue weighted by Gasteiger charge is 2.49. The van der Waals surface area contributed by atoms with E-state index in [0.29, 0.717) is 0 Å². The maximum atomic E-state index is 5.68. The van der Waals surface area contributed by atoms with E-state index in [-0.39, 0.29) is 5.60 Å². The van der Waals surface area contributed by atoms with E-state index in [9.17, 15) is 0 Å². The van der Waals surface area contributed by atoms with Crippen molar-refractivity contribution in [2.45, 2.75) is 31.8 Å². The summed E-state index contributed by atoms with van der Waals surface area (Å²) in [6.07, 6.45) is 3.60. The Labute approximate surface area is 61.3 Å². The first kappa shape index (κ1) is 6.08. The van der Waals surface area contributed by atoms with Gasteiger partial charge in [0.25, 0.3) is 0 Å². The Bertz CT molecular complexity index is 191. The minimum Gasteiger partial charge on any atom is -0.490 e. The largest absolute Gasteiger partial charge is 0.490 e. The Hall–Kier alpha value is -0.660. The van der Waals surface area contributed by atoms with Crippen LogP contribution in [0.5, 0.6) is 0 Å². The predicted octanol–water partition coefficient (Wildman–Crippen LogP) is 1.39. The van der Waals surface area contributed by atoms with Crippen LogP contribution >= 0.6 is 0 Å². The monoisotopic (exact) mass is 139 g/mol. The standard InChI is InChI=1S/C8H13NO/c1-6-7(9-2)5-8(10-6)3-4-8/h9H,3-5H2,1-2H3. The fourth-order valence-corrected chi connectivity index (χ4v) is 1.55. The van der Waals surface area contributed by atoms with E-state index in [1.165, 1.54) is 18.5 Å². The second kappa shape index (κ2) is 1.68. The summed E-state index contributed by atoms with van der Waals surface area (Å²) in [5.41, 5.74) is 1.54. The molecule has 2 nitrogen and oxygen atoms in total. The van der Waals surface area contributed by atoms with Crippen molar-refractivity contribution in [1.29, 1.82) is 0 Å². The molecule has 2 heteroatoms. The molecular weight excluding hydrogens is 126 g/mol. The SMILES string of the molecule is CNC1=C(C)OC2(CC2)C1. The van der Waals surface area contributed by atoms with E-state index >= 15 is 0 Å². The quantitative estimate of drug-likeness (QED) is 0.592. The smallest absolute Gasteiger partial charge is 0.114 e. The second-order valence-corrected chi connectivity index (χ2v) is 3.25. The highest BCUT2D eigenvalue weighted by molar-refractivity contribution is 5.20. The Morgan fingerprint density at radius 1 is 1.50 bits per heavy atom. The Morgan fingerprint density at radius 3 is 2.50 bits per heavy atom.